The van der Waals surface area contributed by atoms with E-state index < -0.39 is 0 Å². The molecule has 1 heteroatoms. The van der Waals surface area contributed by atoms with Gasteiger partial charge in [0.1, 0.15) is 0 Å². The molecule has 0 rings (SSSR count). The van der Waals surface area contributed by atoms with Crippen LogP contribution in [0, 0.1) is 5.41 Å². The van der Waals surface area contributed by atoms with Gasteiger partial charge in [-0.2, -0.15) is 0 Å². The molecule has 0 aliphatic heterocycles. The van der Waals surface area contributed by atoms with Crippen LogP contribution < -0.4 is 0 Å². The van der Waals surface area contributed by atoms with Crippen molar-refractivity contribution < 1.29 is 0 Å². The third kappa shape index (κ3) is 3.09. The van der Waals surface area contributed by atoms with Gasteiger partial charge in [-0.1, -0.05) is 19.9 Å². The zero-order valence-electron chi connectivity index (χ0n) is 5.58. The molecule has 0 heterocycles. The standard InChI is InChI=1S/C7H13Cl/c1-4-7(2,3)5-6-8/h4H,1,5-6H2,2-3H3. The van der Waals surface area contributed by atoms with Crippen LogP contribution in [0.5, 0.6) is 0 Å². The highest BCUT2D eigenvalue weighted by atomic mass is 35.5. The highest BCUT2D eigenvalue weighted by molar-refractivity contribution is 6.17. The number of hydrogen-bond acceptors (Lipinski definition) is 0. The molecule has 0 saturated carbocycles. The third-order valence-electron chi connectivity index (χ3n) is 1.29. The molecule has 8 heavy (non-hydrogen) atoms. The molecule has 0 aromatic heterocycles. The average molecular weight is 133 g/mol. The number of hydrogen-bond donors (Lipinski definition) is 0. The van der Waals surface area contributed by atoms with Crippen LogP contribution in [0.4, 0.5) is 0 Å². The van der Waals surface area contributed by atoms with Crippen molar-refractivity contribution in [1.29, 1.82) is 0 Å². The summed E-state index contributed by atoms with van der Waals surface area (Å²) < 4.78 is 0. The Morgan fingerprint density at radius 1 is 1.62 bits per heavy atom. The minimum absolute atomic E-state index is 0.224. The Balaban J connectivity index is 3.53. The first-order valence-electron chi connectivity index (χ1n) is 2.82. The summed E-state index contributed by atoms with van der Waals surface area (Å²) in [6.45, 7) is 7.95. The summed E-state index contributed by atoms with van der Waals surface area (Å²) in [6.07, 6.45) is 2.95. The monoisotopic (exact) mass is 132 g/mol. The van der Waals surface area contributed by atoms with E-state index in [0.29, 0.717) is 0 Å². The minimum Gasteiger partial charge on any atom is -0.127 e. The lowest BCUT2D eigenvalue weighted by molar-refractivity contribution is 0.466. The Hall–Kier alpha value is 0.0300. The first kappa shape index (κ1) is 8.03. The van der Waals surface area contributed by atoms with Crippen molar-refractivity contribution in [2.45, 2.75) is 20.3 Å². The predicted molar refractivity (Wildman–Crippen MR) is 39.3 cm³/mol. The molecule has 0 saturated heterocycles. The number of alkyl halides is 1. The largest absolute Gasteiger partial charge is 0.127 e. The highest BCUT2D eigenvalue weighted by Gasteiger charge is 2.09. The average Bonchev–Trinajstić information content (AvgIpc) is 1.67. The Kier molecular flexibility index (Phi) is 3.15. The van der Waals surface area contributed by atoms with Crippen LogP contribution in [0.1, 0.15) is 20.3 Å². The second-order valence-corrected chi connectivity index (χ2v) is 3.01. The molecule has 0 nitrogen and oxygen atoms in total. The van der Waals surface area contributed by atoms with Gasteiger partial charge in [0.15, 0.2) is 0 Å². The Morgan fingerprint density at radius 2 is 2.12 bits per heavy atom. The SMILES string of the molecule is C=CC(C)(C)CCCl. The van der Waals surface area contributed by atoms with Crippen molar-refractivity contribution >= 4 is 11.6 Å². The predicted octanol–water partition coefficient (Wildman–Crippen LogP) is 2.83. The van der Waals surface area contributed by atoms with Crippen LogP contribution in [0.15, 0.2) is 12.7 Å². The minimum atomic E-state index is 0.224. The molecule has 0 aromatic carbocycles. The van der Waals surface area contributed by atoms with Crippen LogP contribution >= 0.6 is 11.6 Å². The lowest BCUT2D eigenvalue weighted by Gasteiger charge is -2.16. The third-order valence-corrected chi connectivity index (χ3v) is 1.48. The topological polar surface area (TPSA) is 0 Å². The first-order chi connectivity index (χ1) is 3.62. The van der Waals surface area contributed by atoms with E-state index in [4.69, 9.17) is 11.6 Å². The van der Waals surface area contributed by atoms with Crippen molar-refractivity contribution in [1.82, 2.24) is 0 Å². The van der Waals surface area contributed by atoms with Crippen molar-refractivity contribution in [3.05, 3.63) is 12.7 Å². The van der Waals surface area contributed by atoms with Crippen LogP contribution in [-0.2, 0) is 0 Å². The second-order valence-electron chi connectivity index (χ2n) is 2.63. The van der Waals surface area contributed by atoms with Gasteiger partial charge >= 0.3 is 0 Å². The van der Waals surface area contributed by atoms with Gasteiger partial charge in [-0.05, 0) is 11.8 Å². The van der Waals surface area contributed by atoms with Gasteiger partial charge in [-0.3, -0.25) is 0 Å². The summed E-state index contributed by atoms with van der Waals surface area (Å²) >= 11 is 5.52. The van der Waals surface area contributed by atoms with E-state index in [0.717, 1.165) is 12.3 Å². The van der Waals surface area contributed by atoms with Gasteiger partial charge in [0.05, 0.1) is 0 Å². The lowest BCUT2D eigenvalue weighted by atomic mass is 9.91. The van der Waals surface area contributed by atoms with E-state index in [1.54, 1.807) is 0 Å². The molecule has 0 bridgehead atoms. The molecule has 0 N–H and O–H groups in total. The zero-order chi connectivity index (χ0) is 6.62. The Bertz CT molecular complexity index is 74.5. The molecular formula is C7H13Cl. The van der Waals surface area contributed by atoms with E-state index in [1.807, 2.05) is 6.08 Å². The van der Waals surface area contributed by atoms with E-state index in [9.17, 15) is 0 Å². The molecule has 0 spiro atoms. The van der Waals surface area contributed by atoms with Crippen molar-refractivity contribution in [2.24, 2.45) is 5.41 Å². The van der Waals surface area contributed by atoms with Gasteiger partial charge in [0.2, 0.25) is 0 Å². The molecule has 0 aliphatic rings. The molecule has 48 valence electrons. The first-order valence-corrected chi connectivity index (χ1v) is 3.35. The summed E-state index contributed by atoms with van der Waals surface area (Å²) in [6, 6.07) is 0. The highest BCUT2D eigenvalue weighted by Crippen LogP contribution is 2.20. The van der Waals surface area contributed by atoms with Crippen LogP contribution in [0.3, 0.4) is 0 Å². The van der Waals surface area contributed by atoms with E-state index in [1.165, 1.54) is 0 Å². The van der Waals surface area contributed by atoms with Crippen molar-refractivity contribution in [3.63, 3.8) is 0 Å². The number of allylic oxidation sites excluding steroid dienone is 1. The summed E-state index contributed by atoms with van der Waals surface area (Å²) in [4.78, 5) is 0. The molecule has 0 fully saturated rings. The summed E-state index contributed by atoms with van der Waals surface area (Å²) in [5.41, 5.74) is 0.224. The number of rotatable bonds is 3. The van der Waals surface area contributed by atoms with Gasteiger partial charge in [-0.25, -0.2) is 0 Å². The van der Waals surface area contributed by atoms with E-state index in [-0.39, 0.29) is 5.41 Å². The Labute approximate surface area is 56.5 Å². The van der Waals surface area contributed by atoms with Crippen LogP contribution in [0.25, 0.3) is 0 Å². The maximum atomic E-state index is 5.52. The van der Waals surface area contributed by atoms with Gasteiger partial charge < -0.3 is 0 Å². The quantitative estimate of drug-likeness (QED) is 0.409. The number of halogens is 1. The summed E-state index contributed by atoms with van der Waals surface area (Å²) in [7, 11) is 0. The lowest BCUT2D eigenvalue weighted by Crippen LogP contribution is -2.06. The van der Waals surface area contributed by atoms with E-state index in [2.05, 4.69) is 20.4 Å². The molecule has 0 aromatic rings. The fraction of sp³-hybridized carbons (Fsp3) is 0.714. The molecule has 0 unspecified atom stereocenters. The van der Waals surface area contributed by atoms with Gasteiger partial charge in [-0.15, -0.1) is 18.2 Å². The maximum absolute atomic E-state index is 5.52. The second kappa shape index (κ2) is 3.13. The van der Waals surface area contributed by atoms with Gasteiger partial charge in [0, 0.05) is 5.88 Å². The zero-order valence-corrected chi connectivity index (χ0v) is 6.33. The summed E-state index contributed by atoms with van der Waals surface area (Å²) in [5.74, 6) is 0.721. The fourth-order valence-electron chi connectivity index (χ4n) is 0.346. The van der Waals surface area contributed by atoms with E-state index >= 15 is 0 Å². The summed E-state index contributed by atoms with van der Waals surface area (Å²) in [5, 5.41) is 0. The molecule has 0 atom stereocenters. The van der Waals surface area contributed by atoms with Gasteiger partial charge in [0.25, 0.3) is 0 Å². The Morgan fingerprint density at radius 3 is 2.25 bits per heavy atom. The van der Waals surface area contributed by atoms with Crippen LogP contribution in [-0.4, -0.2) is 5.88 Å². The molecule has 0 amide bonds. The fourth-order valence-corrected chi connectivity index (χ4v) is 0.833. The van der Waals surface area contributed by atoms with Crippen LogP contribution in [0.2, 0.25) is 0 Å². The normalized spacial score (nSPS) is 11.4. The maximum Gasteiger partial charge on any atom is 0.0231 e. The van der Waals surface area contributed by atoms with Crippen molar-refractivity contribution in [2.75, 3.05) is 5.88 Å². The van der Waals surface area contributed by atoms with Crippen molar-refractivity contribution in [3.8, 4) is 0 Å². The molecule has 0 radical (unpaired) electrons. The smallest absolute Gasteiger partial charge is 0.0231 e. The molecular weight excluding hydrogens is 120 g/mol. The molecule has 0 aliphatic carbocycles.